The van der Waals surface area contributed by atoms with Crippen molar-refractivity contribution in [2.75, 3.05) is 0 Å². The number of rotatable bonds is 0. The highest BCUT2D eigenvalue weighted by atomic mass is 19.3. The predicted octanol–water partition coefficient (Wildman–Crippen LogP) is 5.19. The minimum Gasteiger partial charge on any atom is -0.236 e. The van der Waals surface area contributed by atoms with Crippen LogP contribution in [0.4, 0.5) is 61.5 Å². The van der Waals surface area contributed by atoms with Gasteiger partial charge in [0.15, 0.2) is 23.0 Å². The van der Waals surface area contributed by atoms with E-state index < -0.39 is 80.2 Å². The van der Waals surface area contributed by atoms with Crippen LogP contribution in [-0.4, -0.2) is 46.4 Å². The quantitative estimate of drug-likeness (QED) is 0.446. The van der Waals surface area contributed by atoms with Crippen LogP contribution in [-0.2, 0) is 0 Å². The van der Waals surface area contributed by atoms with Gasteiger partial charge in [-0.15, -0.1) is 0 Å². The largest absolute Gasteiger partial charge is 0.354 e. The lowest BCUT2D eigenvalue weighted by atomic mass is 9.49. The number of fused-ring (bicyclic) bond motifs is 3. The van der Waals surface area contributed by atoms with Crippen LogP contribution in [0.15, 0.2) is 11.7 Å². The van der Waals surface area contributed by atoms with Gasteiger partial charge in [0.05, 0.1) is 22.2 Å². The predicted molar refractivity (Wildman–Crippen MR) is 60.8 cm³/mol. The smallest absolute Gasteiger partial charge is 0.236 e. The Balaban J connectivity index is 1.93. The highest BCUT2D eigenvalue weighted by Gasteiger charge is 3.37. The molecule has 7 aliphatic rings. The van der Waals surface area contributed by atoms with Gasteiger partial charge in [-0.1, -0.05) is 0 Å². The summed E-state index contributed by atoms with van der Waals surface area (Å²) in [6, 6.07) is 0. The van der Waals surface area contributed by atoms with Crippen LogP contribution in [0.5, 0.6) is 0 Å². The zero-order chi connectivity index (χ0) is 22.2. The lowest BCUT2D eigenvalue weighted by Crippen LogP contribution is -2.82. The van der Waals surface area contributed by atoms with Crippen LogP contribution in [0.2, 0.25) is 0 Å². The first kappa shape index (κ1) is 18.5. The molecule has 14 heteroatoms. The topological polar surface area (TPSA) is 0 Å². The Bertz CT molecular complexity index is 1020. The molecule has 5 fully saturated rings. The second-order valence-electron chi connectivity index (χ2n) is 8.78. The van der Waals surface area contributed by atoms with Crippen LogP contribution < -0.4 is 0 Å². The van der Waals surface area contributed by atoms with Gasteiger partial charge in [-0.2, -0.15) is 26.3 Å². The molecule has 8 atom stereocenters. The number of alkyl halides is 12. The van der Waals surface area contributed by atoms with E-state index in [0.717, 1.165) is 0 Å². The molecule has 0 heterocycles. The molecule has 0 aromatic rings. The SMILES string of the molecule is CC12C(F)(F)C3C4(F)C(F)(F)C1(F)C21C2(F)C(F)=C(F)C(F)(C(F)(F)C2(F)F)C341. The van der Waals surface area contributed by atoms with Crippen molar-refractivity contribution in [2.24, 2.45) is 22.2 Å². The average Bonchev–Trinajstić information content (AvgIpc) is 3.30. The molecule has 0 saturated heterocycles. The van der Waals surface area contributed by atoms with Gasteiger partial charge in [0.25, 0.3) is 5.92 Å². The molecule has 0 radical (unpaired) electrons. The second-order valence-corrected chi connectivity index (χ2v) is 8.78. The van der Waals surface area contributed by atoms with Crippen LogP contribution >= 0.6 is 0 Å². The summed E-state index contributed by atoms with van der Waals surface area (Å²) >= 11 is 0. The van der Waals surface area contributed by atoms with Gasteiger partial charge < -0.3 is 0 Å². The summed E-state index contributed by atoms with van der Waals surface area (Å²) in [4.78, 5) is 0. The Labute approximate surface area is 149 Å². The number of hydrogen-bond donors (Lipinski definition) is 0. The van der Waals surface area contributed by atoms with Crippen LogP contribution in [0, 0.1) is 22.2 Å². The standard InChI is InChI=1S/C15H4F14/c1-5-10(21,22)4-6-7(18)2(16)3(17)8(19,15(28,29)14(7,26)27)11(5,6)12(5,23)13(24,25)9(4,6)20/h4H,1H3. The van der Waals surface area contributed by atoms with E-state index in [-0.39, 0.29) is 6.92 Å². The van der Waals surface area contributed by atoms with E-state index >= 15 is 17.6 Å². The van der Waals surface area contributed by atoms with Gasteiger partial charge in [0.2, 0.25) is 11.3 Å². The first-order valence-electron chi connectivity index (χ1n) is 8.01. The molecule has 0 N–H and O–H groups in total. The minimum atomic E-state index is -6.80. The van der Waals surface area contributed by atoms with Crippen molar-refractivity contribution in [3.05, 3.63) is 11.7 Å². The zero-order valence-corrected chi connectivity index (χ0v) is 13.4. The summed E-state index contributed by atoms with van der Waals surface area (Å²) in [5.74, 6) is -36.3. The van der Waals surface area contributed by atoms with E-state index in [1.165, 1.54) is 0 Å². The van der Waals surface area contributed by atoms with Crippen molar-refractivity contribution in [1.29, 1.82) is 0 Å². The highest BCUT2D eigenvalue weighted by Crippen LogP contribution is 3.17. The Morgan fingerprint density at radius 1 is 0.621 bits per heavy atom. The van der Waals surface area contributed by atoms with Crippen molar-refractivity contribution >= 4 is 0 Å². The van der Waals surface area contributed by atoms with Gasteiger partial charge in [0.1, 0.15) is 0 Å². The van der Waals surface area contributed by atoms with Crippen molar-refractivity contribution in [1.82, 2.24) is 0 Å². The summed E-state index contributed by atoms with van der Waals surface area (Å²) < 4.78 is 207. The molecule has 0 aromatic carbocycles. The highest BCUT2D eigenvalue weighted by molar-refractivity contribution is 5.78. The molecule has 2 bridgehead atoms. The third-order valence-electron chi connectivity index (χ3n) is 8.84. The van der Waals surface area contributed by atoms with Crippen LogP contribution in [0.25, 0.3) is 0 Å². The third kappa shape index (κ3) is 0.772. The second kappa shape index (κ2) is 3.26. The summed E-state index contributed by atoms with van der Waals surface area (Å²) in [7, 11) is 0. The fourth-order valence-electron chi connectivity index (χ4n) is 8.18. The minimum absolute atomic E-state index is 0.292. The summed E-state index contributed by atoms with van der Waals surface area (Å²) in [6.07, 6.45) is 0. The lowest BCUT2D eigenvalue weighted by molar-refractivity contribution is -0.390. The Kier molecular flexibility index (Phi) is 2.08. The van der Waals surface area contributed by atoms with E-state index in [1.807, 2.05) is 0 Å². The number of hydrogen-bond acceptors (Lipinski definition) is 0. The van der Waals surface area contributed by atoms with Gasteiger partial charge in [-0.25, -0.2) is 35.1 Å². The molecule has 8 unspecified atom stereocenters. The first-order chi connectivity index (χ1) is 12.7. The zero-order valence-electron chi connectivity index (χ0n) is 13.4. The third-order valence-corrected chi connectivity index (χ3v) is 8.84. The molecule has 29 heavy (non-hydrogen) atoms. The number of halogens is 14. The Morgan fingerprint density at radius 3 is 1.52 bits per heavy atom. The fourth-order valence-corrected chi connectivity index (χ4v) is 8.18. The summed E-state index contributed by atoms with van der Waals surface area (Å²) in [5, 5.41) is 0. The molecule has 0 nitrogen and oxygen atoms in total. The molecule has 0 amide bonds. The molecule has 0 aromatic heterocycles. The van der Waals surface area contributed by atoms with Gasteiger partial charge in [-0.05, 0) is 6.92 Å². The Morgan fingerprint density at radius 2 is 1.03 bits per heavy atom. The molecule has 0 aliphatic heterocycles. The molecule has 7 aliphatic carbocycles. The van der Waals surface area contributed by atoms with E-state index in [4.69, 9.17) is 0 Å². The van der Waals surface area contributed by atoms with Crippen LogP contribution in [0.1, 0.15) is 6.92 Å². The van der Waals surface area contributed by atoms with E-state index in [0.29, 0.717) is 0 Å². The number of allylic oxidation sites excluding steroid dienone is 2. The molecular weight excluding hydrogens is 446 g/mol. The maximum absolute atomic E-state index is 15.6. The molecule has 7 rings (SSSR count). The van der Waals surface area contributed by atoms with Crippen molar-refractivity contribution in [3.8, 4) is 0 Å². The molecule has 2 spiro atoms. The Hall–Kier alpha value is -1.24. The maximum atomic E-state index is 15.6. The van der Waals surface area contributed by atoms with E-state index in [1.54, 1.807) is 0 Å². The molecule has 5 saturated carbocycles. The normalized spacial score (nSPS) is 67.3. The lowest BCUT2D eigenvalue weighted by Gasteiger charge is -2.59. The van der Waals surface area contributed by atoms with Gasteiger partial charge >= 0.3 is 17.8 Å². The average molecular weight is 450 g/mol. The molecular formula is C15H4F14. The molecule has 162 valence electrons. The monoisotopic (exact) mass is 450 g/mol. The summed E-state index contributed by atoms with van der Waals surface area (Å²) in [5.41, 5.74) is -37.6. The van der Waals surface area contributed by atoms with Crippen LogP contribution in [0.3, 0.4) is 0 Å². The van der Waals surface area contributed by atoms with Gasteiger partial charge in [-0.3, -0.25) is 0 Å². The maximum Gasteiger partial charge on any atom is 0.354 e. The van der Waals surface area contributed by atoms with Gasteiger partial charge in [0, 0.05) is 0 Å². The van der Waals surface area contributed by atoms with Crippen molar-refractivity contribution < 1.29 is 61.5 Å². The summed E-state index contributed by atoms with van der Waals surface area (Å²) in [6.45, 7) is -0.292. The van der Waals surface area contributed by atoms with E-state index in [9.17, 15) is 43.9 Å². The first-order valence-corrected chi connectivity index (χ1v) is 8.01. The van der Waals surface area contributed by atoms with E-state index in [2.05, 4.69) is 0 Å². The van der Waals surface area contributed by atoms with Crippen molar-refractivity contribution in [3.63, 3.8) is 0 Å². The fraction of sp³-hybridized carbons (Fsp3) is 0.867. The van der Waals surface area contributed by atoms with Crippen molar-refractivity contribution in [2.45, 2.75) is 53.3 Å².